The van der Waals surface area contributed by atoms with Crippen LogP contribution in [0.1, 0.15) is 17.8 Å². The van der Waals surface area contributed by atoms with Crippen molar-refractivity contribution in [1.29, 1.82) is 0 Å². The molecule has 2 amide bonds. The number of aliphatic hydroxyl groups excluding tert-OH is 1. The van der Waals surface area contributed by atoms with E-state index in [0.29, 0.717) is 13.1 Å². The molecule has 1 saturated heterocycles. The number of nitrogens with zero attached hydrogens (tertiary/aromatic N) is 3. The number of aromatic nitrogens is 1. The van der Waals surface area contributed by atoms with Crippen LogP contribution in [-0.2, 0) is 16.1 Å². The highest BCUT2D eigenvalue weighted by Crippen LogP contribution is 2.22. The summed E-state index contributed by atoms with van der Waals surface area (Å²) in [4.78, 5) is 30.8. The summed E-state index contributed by atoms with van der Waals surface area (Å²) in [6, 6.07) is 7.97. The van der Waals surface area contributed by atoms with Crippen LogP contribution in [-0.4, -0.2) is 57.9 Å². The number of likely N-dealkylation sites (N-methyl/N-ethyl adjacent to an activating group) is 1. The van der Waals surface area contributed by atoms with Gasteiger partial charge in [-0.25, -0.2) is 4.98 Å². The van der Waals surface area contributed by atoms with Crippen molar-refractivity contribution in [2.24, 2.45) is 0 Å². The highest BCUT2D eigenvalue weighted by atomic mass is 32.1. The standard InChI is InChI=1S/C16H19N3O3S/c1-18(8-11(20)9-19-15(21)6-7-16(19)22)10-14-17-12-4-2-3-5-13(12)23-14/h2-5,11,20H,6-10H2,1H3. The van der Waals surface area contributed by atoms with Crippen molar-refractivity contribution in [3.8, 4) is 0 Å². The fraction of sp³-hybridized carbons (Fsp3) is 0.438. The third-order valence-electron chi connectivity index (χ3n) is 3.81. The molecule has 0 bridgehead atoms. The minimum atomic E-state index is -0.750. The number of rotatable bonds is 6. The highest BCUT2D eigenvalue weighted by molar-refractivity contribution is 7.18. The summed E-state index contributed by atoms with van der Waals surface area (Å²) in [5, 5.41) is 11.1. The quantitative estimate of drug-likeness (QED) is 0.805. The molecule has 2 aromatic rings. The van der Waals surface area contributed by atoms with Gasteiger partial charge in [-0.15, -0.1) is 11.3 Å². The number of hydrogen-bond acceptors (Lipinski definition) is 6. The van der Waals surface area contributed by atoms with Crippen LogP contribution in [0, 0.1) is 0 Å². The Morgan fingerprint density at radius 2 is 2.00 bits per heavy atom. The summed E-state index contributed by atoms with van der Waals surface area (Å²) in [6.07, 6.45) is -0.236. The molecule has 1 aliphatic heterocycles. The molecule has 0 spiro atoms. The zero-order valence-corrected chi connectivity index (χ0v) is 13.8. The van der Waals surface area contributed by atoms with Crippen LogP contribution < -0.4 is 0 Å². The molecule has 0 aliphatic carbocycles. The van der Waals surface area contributed by atoms with E-state index in [1.54, 1.807) is 11.3 Å². The number of imide groups is 1. The van der Waals surface area contributed by atoms with Gasteiger partial charge in [0.2, 0.25) is 11.8 Å². The number of amides is 2. The van der Waals surface area contributed by atoms with Crippen LogP contribution in [0.2, 0.25) is 0 Å². The number of carbonyl (C=O) groups excluding carboxylic acids is 2. The average Bonchev–Trinajstić information content (AvgIpc) is 3.04. The third-order valence-corrected chi connectivity index (χ3v) is 4.84. The Balaban J connectivity index is 1.55. The number of carbonyl (C=O) groups is 2. The summed E-state index contributed by atoms with van der Waals surface area (Å²) < 4.78 is 1.14. The zero-order valence-electron chi connectivity index (χ0n) is 12.9. The normalized spacial score (nSPS) is 16.7. The van der Waals surface area contributed by atoms with E-state index in [1.165, 1.54) is 0 Å². The van der Waals surface area contributed by atoms with Crippen LogP contribution in [0.3, 0.4) is 0 Å². The molecule has 1 unspecified atom stereocenters. The van der Waals surface area contributed by atoms with Crippen molar-refractivity contribution in [3.05, 3.63) is 29.3 Å². The van der Waals surface area contributed by atoms with Gasteiger partial charge >= 0.3 is 0 Å². The molecule has 6 nitrogen and oxygen atoms in total. The van der Waals surface area contributed by atoms with Crippen molar-refractivity contribution >= 4 is 33.4 Å². The highest BCUT2D eigenvalue weighted by Gasteiger charge is 2.30. The number of fused-ring (bicyclic) bond motifs is 1. The fourth-order valence-corrected chi connectivity index (χ4v) is 3.79. The summed E-state index contributed by atoms with van der Waals surface area (Å²) in [5.41, 5.74) is 0.981. The molecular formula is C16H19N3O3S. The van der Waals surface area contributed by atoms with Gasteiger partial charge in [-0.1, -0.05) is 12.1 Å². The Bertz CT molecular complexity index is 681. The minimum Gasteiger partial charge on any atom is -0.390 e. The van der Waals surface area contributed by atoms with Crippen molar-refractivity contribution in [2.45, 2.75) is 25.5 Å². The third kappa shape index (κ3) is 3.74. The lowest BCUT2D eigenvalue weighted by molar-refractivity contribution is -0.140. The van der Waals surface area contributed by atoms with Crippen molar-refractivity contribution in [1.82, 2.24) is 14.8 Å². The maximum Gasteiger partial charge on any atom is 0.229 e. The lowest BCUT2D eigenvalue weighted by Gasteiger charge is -2.23. The number of hydrogen-bond donors (Lipinski definition) is 1. The Morgan fingerprint density at radius 3 is 2.70 bits per heavy atom. The van der Waals surface area contributed by atoms with Crippen LogP contribution in [0.25, 0.3) is 10.2 Å². The van der Waals surface area contributed by atoms with E-state index in [-0.39, 0.29) is 31.2 Å². The molecule has 1 aliphatic rings. The van der Waals surface area contributed by atoms with Crippen LogP contribution in [0.4, 0.5) is 0 Å². The second-order valence-electron chi connectivity index (χ2n) is 5.82. The van der Waals surface area contributed by atoms with E-state index in [1.807, 2.05) is 36.2 Å². The van der Waals surface area contributed by atoms with Gasteiger partial charge in [0.05, 0.1) is 29.4 Å². The molecule has 1 fully saturated rings. The first-order valence-corrected chi connectivity index (χ1v) is 8.39. The second kappa shape index (κ2) is 6.74. The Hall–Kier alpha value is -1.83. The molecule has 7 heteroatoms. The van der Waals surface area contributed by atoms with Gasteiger partial charge in [0, 0.05) is 19.4 Å². The zero-order chi connectivity index (χ0) is 16.4. The molecule has 3 rings (SSSR count). The Labute approximate surface area is 138 Å². The molecule has 122 valence electrons. The monoisotopic (exact) mass is 333 g/mol. The van der Waals surface area contributed by atoms with Gasteiger partial charge in [-0.2, -0.15) is 0 Å². The first-order valence-electron chi connectivity index (χ1n) is 7.57. The summed E-state index contributed by atoms with van der Waals surface area (Å²) in [6.45, 7) is 1.08. The molecule has 1 aromatic heterocycles. The van der Waals surface area contributed by atoms with Gasteiger partial charge in [-0.05, 0) is 19.2 Å². The van der Waals surface area contributed by atoms with Gasteiger partial charge in [0.15, 0.2) is 0 Å². The summed E-state index contributed by atoms with van der Waals surface area (Å²) in [7, 11) is 1.89. The molecule has 0 saturated carbocycles. The maximum absolute atomic E-state index is 11.6. The van der Waals surface area contributed by atoms with E-state index in [0.717, 1.165) is 20.1 Å². The molecular weight excluding hydrogens is 314 g/mol. The fourth-order valence-electron chi connectivity index (χ4n) is 2.74. The van der Waals surface area contributed by atoms with Crippen molar-refractivity contribution < 1.29 is 14.7 Å². The predicted octanol–water partition coefficient (Wildman–Crippen LogP) is 1.24. The summed E-state index contributed by atoms with van der Waals surface area (Å²) >= 11 is 1.63. The molecule has 0 radical (unpaired) electrons. The molecule has 23 heavy (non-hydrogen) atoms. The van der Waals surface area contributed by atoms with Crippen LogP contribution in [0.5, 0.6) is 0 Å². The minimum absolute atomic E-state index is 0.0713. The number of β-amino-alcohol motifs (C(OH)–C–C–N with tert-alkyl or cyclic N) is 1. The molecule has 1 aromatic carbocycles. The van der Waals surface area contributed by atoms with Crippen molar-refractivity contribution in [3.63, 3.8) is 0 Å². The van der Waals surface area contributed by atoms with Crippen LogP contribution >= 0.6 is 11.3 Å². The van der Waals surface area contributed by atoms with Gasteiger partial charge in [0.1, 0.15) is 5.01 Å². The largest absolute Gasteiger partial charge is 0.390 e. The topological polar surface area (TPSA) is 73.7 Å². The van der Waals surface area contributed by atoms with Gasteiger partial charge in [0.25, 0.3) is 0 Å². The number of aliphatic hydroxyl groups is 1. The lowest BCUT2D eigenvalue weighted by atomic mass is 10.3. The number of benzene rings is 1. The first-order chi connectivity index (χ1) is 11.0. The van der Waals surface area contributed by atoms with E-state index in [2.05, 4.69) is 4.98 Å². The maximum atomic E-state index is 11.6. The average molecular weight is 333 g/mol. The first kappa shape index (κ1) is 16.0. The number of likely N-dealkylation sites (tertiary alicyclic amines) is 1. The van der Waals surface area contributed by atoms with Gasteiger partial charge < -0.3 is 5.11 Å². The molecule has 2 heterocycles. The van der Waals surface area contributed by atoms with Crippen LogP contribution in [0.15, 0.2) is 24.3 Å². The van der Waals surface area contributed by atoms with E-state index >= 15 is 0 Å². The number of thiazole rings is 1. The number of para-hydroxylation sites is 1. The second-order valence-corrected chi connectivity index (χ2v) is 6.94. The summed E-state index contributed by atoms with van der Waals surface area (Å²) in [5.74, 6) is -0.384. The predicted molar refractivity (Wildman–Crippen MR) is 87.9 cm³/mol. The molecule has 1 atom stereocenters. The lowest BCUT2D eigenvalue weighted by Crippen LogP contribution is -2.41. The van der Waals surface area contributed by atoms with E-state index in [4.69, 9.17) is 0 Å². The molecule has 1 N–H and O–H groups in total. The Morgan fingerprint density at radius 1 is 1.30 bits per heavy atom. The van der Waals surface area contributed by atoms with Gasteiger partial charge in [-0.3, -0.25) is 19.4 Å². The van der Waals surface area contributed by atoms with E-state index < -0.39 is 6.10 Å². The Kier molecular flexibility index (Phi) is 4.70. The smallest absolute Gasteiger partial charge is 0.229 e. The van der Waals surface area contributed by atoms with E-state index in [9.17, 15) is 14.7 Å². The van der Waals surface area contributed by atoms with Crippen molar-refractivity contribution in [2.75, 3.05) is 20.1 Å². The SMILES string of the molecule is CN(Cc1nc2ccccc2s1)CC(O)CN1C(=O)CCC1=O.